The summed E-state index contributed by atoms with van der Waals surface area (Å²) in [6, 6.07) is 9.94. The number of aromatic nitrogens is 2. The highest BCUT2D eigenvalue weighted by molar-refractivity contribution is 6.32. The van der Waals surface area contributed by atoms with Crippen molar-refractivity contribution < 1.29 is 19.2 Å². The van der Waals surface area contributed by atoms with E-state index in [4.69, 9.17) is 21.1 Å². The minimum absolute atomic E-state index is 0.116. The number of hydrogen-bond acceptors (Lipinski definition) is 7. The van der Waals surface area contributed by atoms with Gasteiger partial charge in [-0.15, -0.1) is 0 Å². The second-order valence-corrected chi connectivity index (χ2v) is 6.70. The third-order valence-electron chi connectivity index (χ3n) is 4.35. The summed E-state index contributed by atoms with van der Waals surface area (Å²) in [5.74, 6) is -0.308. The van der Waals surface area contributed by atoms with Crippen molar-refractivity contribution in [1.29, 1.82) is 0 Å². The van der Waals surface area contributed by atoms with Gasteiger partial charge in [-0.25, -0.2) is 4.68 Å². The Balaban J connectivity index is 2.07. The molecular formula is C20H17ClN4O6. The molecule has 3 aromatic rings. The maximum Gasteiger partial charge on any atom is 0.294 e. The van der Waals surface area contributed by atoms with Gasteiger partial charge in [-0.3, -0.25) is 19.7 Å². The number of para-hydroxylation sites is 2. The lowest BCUT2D eigenvalue weighted by Gasteiger charge is -2.14. The van der Waals surface area contributed by atoms with Gasteiger partial charge in [0.05, 0.1) is 29.9 Å². The summed E-state index contributed by atoms with van der Waals surface area (Å²) < 4.78 is 11.5. The average Bonchev–Trinajstić information content (AvgIpc) is 2.74. The molecule has 31 heavy (non-hydrogen) atoms. The van der Waals surface area contributed by atoms with Gasteiger partial charge in [0.25, 0.3) is 11.6 Å². The van der Waals surface area contributed by atoms with Crippen molar-refractivity contribution >= 4 is 28.9 Å². The Hall–Kier alpha value is -3.92. The Morgan fingerprint density at radius 3 is 2.48 bits per heavy atom. The van der Waals surface area contributed by atoms with E-state index in [2.05, 4.69) is 10.4 Å². The van der Waals surface area contributed by atoms with Crippen LogP contribution in [0.4, 0.5) is 11.4 Å². The summed E-state index contributed by atoms with van der Waals surface area (Å²) in [4.78, 5) is 36.1. The average molecular weight is 445 g/mol. The topological polar surface area (TPSA) is 126 Å². The summed E-state index contributed by atoms with van der Waals surface area (Å²) in [5, 5.41) is 18.3. The second kappa shape index (κ2) is 8.84. The van der Waals surface area contributed by atoms with Gasteiger partial charge < -0.3 is 14.8 Å². The third-order valence-corrected chi connectivity index (χ3v) is 4.65. The molecule has 160 valence electrons. The van der Waals surface area contributed by atoms with Crippen LogP contribution in [-0.2, 0) is 0 Å². The van der Waals surface area contributed by atoms with Crippen molar-refractivity contribution in [3.05, 3.63) is 79.2 Å². The number of carbonyl (C=O) groups excluding carboxylic acids is 1. The molecule has 10 nitrogen and oxygen atoms in total. The standard InChI is InChI=1S/C20H17ClN4O6/c1-11-8-16(26)19(23-24(11)14-6-4-5-7-15(14)25(28)29)20(27)22-13-10-17(30-2)12(21)9-18(13)31-3/h4-10H,1-3H3,(H,22,27). The molecule has 0 aliphatic heterocycles. The lowest BCUT2D eigenvalue weighted by Crippen LogP contribution is -2.27. The second-order valence-electron chi connectivity index (χ2n) is 6.30. The van der Waals surface area contributed by atoms with Crippen molar-refractivity contribution in [3.63, 3.8) is 0 Å². The molecule has 3 rings (SSSR count). The van der Waals surface area contributed by atoms with Gasteiger partial charge in [0.15, 0.2) is 5.69 Å². The number of rotatable bonds is 6. The fourth-order valence-electron chi connectivity index (χ4n) is 2.89. The molecule has 2 aromatic carbocycles. The smallest absolute Gasteiger partial charge is 0.294 e. The molecule has 0 unspecified atom stereocenters. The van der Waals surface area contributed by atoms with Crippen LogP contribution >= 0.6 is 11.6 Å². The van der Waals surface area contributed by atoms with E-state index >= 15 is 0 Å². The molecule has 0 saturated heterocycles. The van der Waals surface area contributed by atoms with Crippen LogP contribution in [0.25, 0.3) is 5.69 Å². The first-order valence-corrected chi connectivity index (χ1v) is 9.22. The van der Waals surface area contributed by atoms with Crippen molar-refractivity contribution in [1.82, 2.24) is 9.78 Å². The number of nitrogens with one attached hydrogen (secondary N) is 1. The molecule has 1 heterocycles. The molecule has 0 spiro atoms. The number of nitrogens with zero attached hydrogens (tertiary/aromatic N) is 3. The van der Waals surface area contributed by atoms with Gasteiger partial charge >= 0.3 is 0 Å². The molecule has 0 radical (unpaired) electrons. The number of anilines is 1. The fraction of sp³-hybridized carbons (Fsp3) is 0.150. The van der Waals surface area contributed by atoms with Crippen LogP contribution in [0, 0.1) is 17.0 Å². The highest BCUT2D eigenvalue weighted by Crippen LogP contribution is 2.36. The maximum absolute atomic E-state index is 12.9. The van der Waals surface area contributed by atoms with E-state index in [1.54, 1.807) is 13.0 Å². The van der Waals surface area contributed by atoms with Gasteiger partial charge in [0.2, 0.25) is 5.43 Å². The number of carbonyl (C=O) groups is 1. The van der Waals surface area contributed by atoms with Gasteiger partial charge in [-0.2, -0.15) is 5.10 Å². The Kier molecular flexibility index (Phi) is 6.21. The van der Waals surface area contributed by atoms with Crippen LogP contribution in [-0.4, -0.2) is 34.8 Å². The fourth-order valence-corrected chi connectivity index (χ4v) is 3.12. The first kappa shape index (κ1) is 21.8. The Bertz CT molecular complexity index is 1240. The monoisotopic (exact) mass is 444 g/mol. The van der Waals surface area contributed by atoms with E-state index in [0.717, 1.165) is 0 Å². The molecule has 0 fully saturated rings. The van der Waals surface area contributed by atoms with Crippen LogP contribution in [0.1, 0.15) is 16.2 Å². The summed E-state index contributed by atoms with van der Waals surface area (Å²) in [6.07, 6.45) is 0. The molecule has 11 heteroatoms. The minimum atomic E-state index is -0.833. The van der Waals surface area contributed by atoms with Gasteiger partial charge in [0, 0.05) is 30.0 Å². The van der Waals surface area contributed by atoms with E-state index in [1.807, 2.05) is 0 Å². The van der Waals surface area contributed by atoms with Crippen molar-refractivity contribution in [2.45, 2.75) is 6.92 Å². The third kappa shape index (κ3) is 4.33. The van der Waals surface area contributed by atoms with Gasteiger partial charge in [-0.05, 0) is 13.0 Å². The van der Waals surface area contributed by atoms with Gasteiger partial charge in [0.1, 0.15) is 17.2 Å². The molecule has 0 aliphatic rings. The van der Waals surface area contributed by atoms with Crippen molar-refractivity contribution in [2.75, 3.05) is 19.5 Å². The molecule has 0 bridgehead atoms. The number of ether oxygens (including phenoxy) is 2. The highest BCUT2D eigenvalue weighted by Gasteiger charge is 2.21. The number of amides is 1. The first-order chi connectivity index (χ1) is 14.8. The van der Waals surface area contributed by atoms with Crippen LogP contribution in [0.3, 0.4) is 0 Å². The van der Waals surface area contributed by atoms with Crippen molar-refractivity contribution in [3.8, 4) is 17.2 Å². The summed E-state index contributed by atoms with van der Waals surface area (Å²) in [6.45, 7) is 1.56. The van der Waals surface area contributed by atoms with E-state index in [0.29, 0.717) is 5.69 Å². The number of hydrogen-bond donors (Lipinski definition) is 1. The molecule has 1 N–H and O–H groups in total. The Morgan fingerprint density at radius 2 is 1.84 bits per heavy atom. The number of nitro benzene ring substituents is 1. The number of nitro groups is 1. The lowest BCUT2D eigenvalue weighted by molar-refractivity contribution is -0.384. The molecular weight excluding hydrogens is 428 g/mol. The van der Waals surface area contributed by atoms with Crippen LogP contribution in [0.15, 0.2) is 47.3 Å². The number of methoxy groups -OCH3 is 2. The minimum Gasteiger partial charge on any atom is -0.495 e. The zero-order chi connectivity index (χ0) is 22.7. The predicted octanol–water partition coefficient (Wildman–Crippen LogP) is 3.37. The number of halogens is 1. The van der Waals surface area contributed by atoms with E-state index in [1.165, 1.54) is 55.3 Å². The molecule has 1 aromatic heterocycles. The van der Waals surface area contributed by atoms with Crippen LogP contribution < -0.4 is 20.2 Å². The maximum atomic E-state index is 12.9. The molecule has 1 amide bonds. The summed E-state index contributed by atoms with van der Waals surface area (Å²) in [5.41, 5.74) is -0.694. The van der Waals surface area contributed by atoms with E-state index in [9.17, 15) is 19.7 Å². The van der Waals surface area contributed by atoms with Crippen molar-refractivity contribution in [2.24, 2.45) is 0 Å². The Morgan fingerprint density at radius 1 is 1.16 bits per heavy atom. The summed E-state index contributed by atoms with van der Waals surface area (Å²) >= 11 is 6.07. The molecule has 0 saturated carbocycles. The highest BCUT2D eigenvalue weighted by atomic mass is 35.5. The quantitative estimate of drug-likeness (QED) is 0.456. The zero-order valence-electron chi connectivity index (χ0n) is 16.7. The Labute approximate surface area is 181 Å². The number of benzene rings is 2. The van der Waals surface area contributed by atoms with E-state index in [-0.39, 0.29) is 33.6 Å². The summed E-state index contributed by atoms with van der Waals surface area (Å²) in [7, 11) is 2.80. The SMILES string of the molecule is COc1cc(NC(=O)c2nn(-c3ccccc3[N+](=O)[O-])c(C)cc2=O)c(OC)cc1Cl. The van der Waals surface area contributed by atoms with E-state index < -0.39 is 22.0 Å². The normalized spacial score (nSPS) is 10.5. The molecule has 0 aliphatic carbocycles. The van der Waals surface area contributed by atoms with Gasteiger partial charge in [-0.1, -0.05) is 23.7 Å². The predicted molar refractivity (Wildman–Crippen MR) is 114 cm³/mol. The first-order valence-electron chi connectivity index (χ1n) is 8.84. The largest absolute Gasteiger partial charge is 0.495 e. The lowest BCUT2D eigenvalue weighted by atomic mass is 10.2. The van der Waals surface area contributed by atoms with Crippen LogP contribution in [0.5, 0.6) is 11.5 Å². The zero-order valence-corrected chi connectivity index (χ0v) is 17.5. The molecule has 0 atom stereocenters. The van der Waals surface area contributed by atoms with Crippen LogP contribution in [0.2, 0.25) is 5.02 Å². The number of aryl methyl sites for hydroxylation is 1.